The first kappa shape index (κ1) is 19.3. The molecule has 0 spiro atoms. The number of aryl methyl sites for hydroxylation is 2. The van der Waals surface area contributed by atoms with E-state index in [2.05, 4.69) is 5.32 Å². The summed E-state index contributed by atoms with van der Waals surface area (Å²) in [5.74, 6) is -0.345. The third kappa shape index (κ3) is 5.21. The normalized spacial score (nSPS) is 10.4. The van der Waals surface area contributed by atoms with Crippen LogP contribution in [0.25, 0.3) is 0 Å². The third-order valence-corrected chi connectivity index (χ3v) is 4.28. The molecule has 6 heteroatoms. The molecular weight excluding hydrogens is 359 g/mol. The minimum absolute atomic E-state index is 0.159. The summed E-state index contributed by atoms with van der Waals surface area (Å²) in [7, 11) is 0. The van der Waals surface area contributed by atoms with E-state index < -0.39 is 0 Å². The van der Waals surface area contributed by atoms with Gasteiger partial charge in [0.15, 0.2) is 0 Å². The lowest BCUT2D eigenvalue weighted by molar-refractivity contribution is -0.117. The van der Waals surface area contributed by atoms with Crippen molar-refractivity contribution in [1.29, 1.82) is 0 Å². The van der Waals surface area contributed by atoms with Gasteiger partial charge in [-0.15, -0.1) is 0 Å². The first-order chi connectivity index (χ1) is 11.8. The number of benzene rings is 2. The Morgan fingerprint density at radius 2 is 1.72 bits per heavy atom. The number of nitrogens with one attached hydrogen (secondary N) is 1. The van der Waals surface area contributed by atoms with E-state index in [0.29, 0.717) is 21.4 Å². The largest absolute Gasteiger partial charge is 0.326 e. The second-order valence-electron chi connectivity index (χ2n) is 5.89. The van der Waals surface area contributed by atoms with E-state index in [1.165, 1.54) is 6.92 Å². The number of anilines is 2. The molecule has 0 aliphatic rings. The number of amides is 2. The molecule has 0 atom stereocenters. The number of halogens is 2. The molecule has 0 fully saturated rings. The summed E-state index contributed by atoms with van der Waals surface area (Å²) in [6, 6.07) is 10.6. The average molecular weight is 379 g/mol. The van der Waals surface area contributed by atoms with Crippen LogP contribution in [0.5, 0.6) is 0 Å². The first-order valence-electron chi connectivity index (χ1n) is 7.88. The molecule has 0 bridgehead atoms. The molecule has 0 unspecified atom stereocenters. The molecule has 25 heavy (non-hydrogen) atoms. The highest BCUT2D eigenvalue weighted by molar-refractivity contribution is 6.34. The number of carbonyl (C=O) groups excluding carboxylic acids is 2. The Kier molecular flexibility index (Phi) is 6.45. The van der Waals surface area contributed by atoms with Crippen molar-refractivity contribution in [2.24, 2.45) is 0 Å². The summed E-state index contributed by atoms with van der Waals surface area (Å²) < 4.78 is 0. The van der Waals surface area contributed by atoms with E-state index in [1.807, 2.05) is 26.0 Å². The van der Waals surface area contributed by atoms with Gasteiger partial charge in [-0.3, -0.25) is 9.59 Å². The monoisotopic (exact) mass is 378 g/mol. The zero-order valence-corrected chi connectivity index (χ0v) is 15.9. The predicted molar refractivity (Wildman–Crippen MR) is 104 cm³/mol. The summed E-state index contributed by atoms with van der Waals surface area (Å²) in [6.07, 6.45) is 0.159. The van der Waals surface area contributed by atoms with Crippen LogP contribution in [-0.4, -0.2) is 18.4 Å². The van der Waals surface area contributed by atoms with Gasteiger partial charge in [0.1, 0.15) is 0 Å². The quantitative estimate of drug-likeness (QED) is 0.796. The van der Waals surface area contributed by atoms with Crippen molar-refractivity contribution < 1.29 is 9.59 Å². The Morgan fingerprint density at radius 1 is 1.08 bits per heavy atom. The summed E-state index contributed by atoms with van der Waals surface area (Å²) in [6.45, 7) is 5.56. The molecule has 0 radical (unpaired) electrons. The van der Waals surface area contributed by atoms with Gasteiger partial charge in [-0.2, -0.15) is 0 Å². The summed E-state index contributed by atoms with van der Waals surface area (Å²) in [5, 5.41) is 3.89. The Bertz CT molecular complexity index is 766. The lowest BCUT2D eigenvalue weighted by Gasteiger charge is -2.24. The van der Waals surface area contributed by atoms with Gasteiger partial charge in [-0.25, -0.2) is 0 Å². The van der Waals surface area contributed by atoms with Gasteiger partial charge in [-0.1, -0.05) is 29.3 Å². The van der Waals surface area contributed by atoms with Crippen LogP contribution in [0, 0.1) is 13.8 Å². The molecule has 2 aromatic carbocycles. The van der Waals surface area contributed by atoms with E-state index in [0.717, 1.165) is 11.1 Å². The molecule has 2 amide bonds. The lowest BCUT2D eigenvalue weighted by Crippen LogP contribution is -2.32. The van der Waals surface area contributed by atoms with Gasteiger partial charge in [-0.05, 0) is 55.3 Å². The highest BCUT2D eigenvalue weighted by Crippen LogP contribution is 2.31. The minimum Gasteiger partial charge on any atom is -0.326 e. The maximum atomic E-state index is 12.2. The fourth-order valence-electron chi connectivity index (χ4n) is 2.65. The highest BCUT2D eigenvalue weighted by Gasteiger charge is 2.18. The van der Waals surface area contributed by atoms with Crippen LogP contribution in [-0.2, 0) is 9.59 Å². The Morgan fingerprint density at radius 3 is 2.28 bits per heavy atom. The van der Waals surface area contributed by atoms with E-state index in [-0.39, 0.29) is 24.8 Å². The van der Waals surface area contributed by atoms with Gasteiger partial charge >= 0.3 is 0 Å². The smallest absolute Gasteiger partial charge is 0.226 e. The highest BCUT2D eigenvalue weighted by atomic mass is 35.5. The molecule has 132 valence electrons. The van der Waals surface area contributed by atoms with Crippen LogP contribution in [0.15, 0.2) is 36.4 Å². The van der Waals surface area contributed by atoms with Crippen molar-refractivity contribution in [2.75, 3.05) is 16.8 Å². The Hall–Kier alpha value is -2.04. The Labute approximate surface area is 157 Å². The molecule has 0 aromatic heterocycles. The fraction of sp³-hybridized carbons (Fsp3) is 0.263. The minimum atomic E-state index is -0.186. The average Bonchev–Trinajstić information content (AvgIpc) is 2.51. The topological polar surface area (TPSA) is 49.4 Å². The molecular formula is C19H20Cl2N2O2. The maximum Gasteiger partial charge on any atom is 0.226 e. The second kappa shape index (κ2) is 8.37. The van der Waals surface area contributed by atoms with Crippen molar-refractivity contribution in [3.8, 4) is 0 Å². The van der Waals surface area contributed by atoms with Crippen molar-refractivity contribution in [3.63, 3.8) is 0 Å². The van der Waals surface area contributed by atoms with E-state index >= 15 is 0 Å². The molecule has 0 heterocycles. The predicted octanol–water partition coefficient (Wildman–Crippen LogP) is 4.99. The summed E-state index contributed by atoms with van der Waals surface area (Å²) in [5.41, 5.74) is 3.24. The molecule has 4 nitrogen and oxygen atoms in total. The number of rotatable bonds is 5. The standard InChI is InChI=1S/C19H20Cl2N2O2/c1-12-10-13(2)19(17(21)11-12)23(14(3)24)9-8-18(25)22-16-6-4-15(20)5-7-16/h4-7,10-11H,8-9H2,1-3H3,(H,22,25). The van der Waals surface area contributed by atoms with E-state index in [1.54, 1.807) is 29.2 Å². The fourth-order valence-corrected chi connectivity index (χ4v) is 3.20. The van der Waals surface area contributed by atoms with Crippen LogP contribution in [0.3, 0.4) is 0 Å². The van der Waals surface area contributed by atoms with Gasteiger partial charge in [0, 0.05) is 30.6 Å². The number of hydrogen-bond donors (Lipinski definition) is 1. The Balaban J connectivity index is 2.09. The SMILES string of the molecule is CC(=O)N(CCC(=O)Nc1ccc(Cl)cc1)c1c(C)cc(C)cc1Cl. The van der Waals surface area contributed by atoms with Crippen LogP contribution < -0.4 is 10.2 Å². The van der Waals surface area contributed by atoms with Crippen molar-refractivity contribution in [3.05, 3.63) is 57.6 Å². The summed E-state index contributed by atoms with van der Waals surface area (Å²) >= 11 is 12.2. The zero-order chi connectivity index (χ0) is 18.6. The maximum absolute atomic E-state index is 12.2. The summed E-state index contributed by atoms with van der Waals surface area (Å²) in [4.78, 5) is 25.8. The van der Waals surface area contributed by atoms with Crippen molar-refractivity contribution in [1.82, 2.24) is 0 Å². The van der Waals surface area contributed by atoms with Crippen LogP contribution in [0.1, 0.15) is 24.5 Å². The van der Waals surface area contributed by atoms with Gasteiger partial charge < -0.3 is 10.2 Å². The molecule has 0 saturated heterocycles. The molecule has 0 aliphatic heterocycles. The molecule has 1 N–H and O–H groups in total. The third-order valence-electron chi connectivity index (χ3n) is 3.74. The molecule has 0 saturated carbocycles. The van der Waals surface area contributed by atoms with E-state index in [9.17, 15) is 9.59 Å². The first-order valence-corrected chi connectivity index (χ1v) is 8.64. The number of hydrogen-bond acceptors (Lipinski definition) is 2. The van der Waals surface area contributed by atoms with Gasteiger partial charge in [0.05, 0.1) is 10.7 Å². The van der Waals surface area contributed by atoms with Gasteiger partial charge in [0.2, 0.25) is 11.8 Å². The lowest BCUT2D eigenvalue weighted by atomic mass is 10.1. The van der Waals surface area contributed by atoms with Gasteiger partial charge in [0.25, 0.3) is 0 Å². The van der Waals surface area contributed by atoms with Crippen LogP contribution in [0.2, 0.25) is 10.0 Å². The second-order valence-corrected chi connectivity index (χ2v) is 6.73. The van der Waals surface area contributed by atoms with Crippen molar-refractivity contribution >= 4 is 46.4 Å². The molecule has 0 aliphatic carbocycles. The van der Waals surface area contributed by atoms with Crippen molar-refractivity contribution in [2.45, 2.75) is 27.2 Å². The van der Waals surface area contributed by atoms with Crippen LogP contribution in [0.4, 0.5) is 11.4 Å². The number of carbonyl (C=O) groups is 2. The zero-order valence-electron chi connectivity index (χ0n) is 14.4. The van der Waals surface area contributed by atoms with Crippen LogP contribution >= 0.6 is 23.2 Å². The molecule has 2 rings (SSSR count). The van der Waals surface area contributed by atoms with E-state index in [4.69, 9.17) is 23.2 Å². The number of nitrogens with zero attached hydrogens (tertiary/aromatic N) is 1. The molecule has 2 aromatic rings.